The highest BCUT2D eigenvalue weighted by molar-refractivity contribution is 5.79. The average molecular weight is 322 g/mol. The van der Waals surface area contributed by atoms with Gasteiger partial charge in [0.15, 0.2) is 5.96 Å². The van der Waals surface area contributed by atoms with Crippen LogP contribution in [0.15, 0.2) is 17.4 Å². The molecule has 0 aliphatic heterocycles. The van der Waals surface area contributed by atoms with E-state index in [0.717, 1.165) is 12.5 Å². The quantitative estimate of drug-likeness (QED) is 0.346. The molecule has 0 radical (unpaired) electrons. The van der Waals surface area contributed by atoms with Crippen LogP contribution in [-0.4, -0.2) is 40.8 Å². The monoisotopic (exact) mass is 322 g/mol. The van der Waals surface area contributed by atoms with Gasteiger partial charge in [-0.1, -0.05) is 19.8 Å². The van der Waals surface area contributed by atoms with Crippen molar-refractivity contribution in [3.8, 4) is 0 Å². The molecule has 2 rings (SSSR count). The second-order valence-electron chi connectivity index (χ2n) is 6.13. The van der Waals surface area contributed by atoms with Gasteiger partial charge in [-0.05, 0) is 24.7 Å². The number of nitrogens with zero attached hydrogens (tertiary/aromatic N) is 4. The molecule has 1 fully saturated rings. The van der Waals surface area contributed by atoms with Crippen LogP contribution in [0.4, 0.5) is 5.69 Å². The summed E-state index contributed by atoms with van der Waals surface area (Å²) in [6, 6.07) is 0. The molecule has 8 heteroatoms. The SMILES string of the molecule is CCC1(CNC(=NC)NCCn2cc([N+](=O)[O-])cn2)CCCC1. The van der Waals surface area contributed by atoms with Gasteiger partial charge in [0.05, 0.1) is 11.5 Å². The van der Waals surface area contributed by atoms with E-state index < -0.39 is 4.92 Å². The van der Waals surface area contributed by atoms with Crippen LogP contribution < -0.4 is 10.6 Å². The summed E-state index contributed by atoms with van der Waals surface area (Å²) < 4.78 is 1.56. The predicted octanol–water partition coefficient (Wildman–Crippen LogP) is 1.93. The Morgan fingerprint density at radius 3 is 2.78 bits per heavy atom. The molecule has 2 N–H and O–H groups in total. The van der Waals surface area contributed by atoms with Crippen LogP contribution in [0.1, 0.15) is 39.0 Å². The summed E-state index contributed by atoms with van der Waals surface area (Å²) in [7, 11) is 1.75. The maximum Gasteiger partial charge on any atom is 0.306 e. The Morgan fingerprint density at radius 2 is 2.22 bits per heavy atom. The summed E-state index contributed by atoms with van der Waals surface area (Å²) in [5, 5.41) is 21.2. The average Bonchev–Trinajstić information content (AvgIpc) is 3.20. The summed E-state index contributed by atoms with van der Waals surface area (Å²) in [5.74, 6) is 0.770. The highest BCUT2D eigenvalue weighted by atomic mass is 16.6. The third-order valence-electron chi connectivity index (χ3n) is 4.73. The molecule has 0 atom stereocenters. The van der Waals surface area contributed by atoms with Crippen molar-refractivity contribution in [3.05, 3.63) is 22.5 Å². The van der Waals surface area contributed by atoms with Gasteiger partial charge in [0.25, 0.3) is 0 Å². The van der Waals surface area contributed by atoms with E-state index in [-0.39, 0.29) is 5.69 Å². The molecule has 0 unspecified atom stereocenters. The molecule has 0 amide bonds. The third-order valence-corrected chi connectivity index (χ3v) is 4.73. The number of hydrogen-bond acceptors (Lipinski definition) is 4. The summed E-state index contributed by atoms with van der Waals surface area (Å²) >= 11 is 0. The van der Waals surface area contributed by atoms with Crippen molar-refractivity contribution < 1.29 is 4.92 Å². The maximum atomic E-state index is 10.6. The molecule has 0 bridgehead atoms. The Kier molecular flexibility index (Phi) is 5.95. The van der Waals surface area contributed by atoms with Crippen molar-refractivity contribution >= 4 is 11.6 Å². The highest BCUT2D eigenvalue weighted by Gasteiger charge is 2.31. The molecule has 0 aromatic carbocycles. The van der Waals surface area contributed by atoms with Gasteiger partial charge in [0.2, 0.25) is 0 Å². The largest absolute Gasteiger partial charge is 0.356 e. The third kappa shape index (κ3) is 4.67. The number of aromatic nitrogens is 2. The van der Waals surface area contributed by atoms with E-state index in [1.807, 2.05) is 0 Å². The number of guanidine groups is 1. The summed E-state index contributed by atoms with van der Waals surface area (Å²) in [6.45, 7) is 4.36. The zero-order valence-electron chi connectivity index (χ0n) is 13.9. The minimum atomic E-state index is -0.441. The van der Waals surface area contributed by atoms with Crippen molar-refractivity contribution in [3.63, 3.8) is 0 Å². The highest BCUT2D eigenvalue weighted by Crippen LogP contribution is 2.40. The number of hydrogen-bond donors (Lipinski definition) is 2. The molecule has 0 spiro atoms. The zero-order chi connectivity index (χ0) is 16.7. The van der Waals surface area contributed by atoms with Gasteiger partial charge in [-0.15, -0.1) is 0 Å². The van der Waals surface area contributed by atoms with Crippen LogP contribution in [0.2, 0.25) is 0 Å². The second kappa shape index (κ2) is 7.94. The van der Waals surface area contributed by atoms with E-state index in [4.69, 9.17) is 0 Å². The van der Waals surface area contributed by atoms with Gasteiger partial charge in [0, 0.05) is 20.1 Å². The summed E-state index contributed by atoms with van der Waals surface area (Å²) in [5.41, 5.74) is 0.416. The molecule has 1 saturated carbocycles. The molecule has 128 valence electrons. The van der Waals surface area contributed by atoms with Crippen molar-refractivity contribution in [1.29, 1.82) is 0 Å². The van der Waals surface area contributed by atoms with Gasteiger partial charge in [0.1, 0.15) is 12.4 Å². The zero-order valence-corrected chi connectivity index (χ0v) is 13.9. The topological polar surface area (TPSA) is 97.4 Å². The smallest absolute Gasteiger partial charge is 0.306 e. The fraction of sp³-hybridized carbons (Fsp3) is 0.733. The lowest BCUT2D eigenvalue weighted by Gasteiger charge is -2.28. The van der Waals surface area contributed by atoms with Crippen LogP contribution in [0, 0.1) is 15.5 Å². The normalized spacial score (nSPS) is 17.2. The van der Waals surface area contributed by atoms with Gasteiger partial charge in [-0.25, -0.2) is 0 Å². The van der Waals surface area contributed by atoms with Gasteiger partial charge in [-0.2, -0.15) is 5.10 Å². The molecule has 23 heavy (non-hydrogen) atoms. The summed E-state index contributed by atoms with van der Waals surface area (Å²) in [6.07, 6.45) is 9.09. The van der Waals surface area contributed by atoms with Crippen molar-refractivity contribution in [1.82, 2.24) is 20.4 Å². The molecule has 1 aliphatic carbocycles. The Hall–Kier alpha value is -2.12. The number of nitro groups is 1. The molecule has 1 aliphatic rings. The van der Waals surface area contributed by atoms with E-state index in [0.29, 0.717) is 18.5 Å². The van der Waals surface area contributed by atoms with Gasteiger partial charge < -0.3 is 10.6 Å². The van der Waals surface area contributed by atoms with Crippen molar-refractivity contribution in [2.75, 3.05) is 20.1 Å². The lowest BCUT2D eigenvalue weighted by Crippen LogP contribution is -2.43. The Balaban J connectivity index is 1.75. The van der Waals surface area contributed by atoms with E-state index >= 15 is 0 Å². The molecule has 1 aromatic heterocycles. The van der Waals surface area contributed by atoms with Gasteiger partial charge in [-0.3, -0.25) is 19.8 Å². The Bertz CT molecular complexity index is 548. The molecule has 1 heterocycles. The molecular weight excluding hydrogens is 296 g/mol. The van der Waals surface area contributed by atoms with Crippen molar-refractivity contribution in [2.45, 2.75) is 45.6 Å². The van der Waals surface area contributed by atoms with Crippen molar-refractivity contribution in [2.24, 2.45) is 10.4 Å². The molecule has 1 aromatic rings. The lowest BCUT2D eigenvalue weighted by atomic mass is 9.83. The first-order valence-corrected chi connectivity index (χ1v) is 8.20. The lowest BCUT2D eigenvalue weighted by molar-refractivity contribution is -0.385. The fourth-order valence-electron chi connectivity index (χ4n) is 3.13. The standard InChI is InChI=1S/C15H26N6O2/c1-3-15(6-4-5-7-15)12-18-14(16-2)17-8-9-20-11-13(10-19-20)21(22)23/h10-11H,3-9,12H2,1-2H3,(H2,16,17,18). The van der Waals surface area contributed by atoms with E-state index in [9.17, 15) is 10.1 Å². The van der Waals surface area contributed by atoms with E-state index in [1.54, 1.807) is 11.7 Å². The van der Waals surface area contributed by atoms with Crippen LogP contribution in [-0.2, 0) is 6.54 Å². The van der Waals surface area contributed by atoms with E-state index in [2.05, 4.69) is 27.6 Å². The number of nitrogens with one attached hydrogen (secondary N) is 2. The second-order valence-corrected chi connectivity index (χ2v) is 6.13. The Labute approximate surface area is 136 Å². The first-order chi connectivity index (χ1) is 11.1. The molecular formula is C15H26N6O2. The fourth-order valence-corrected chi connectivity index (χ4v) is 3.13. The first kappa shape index (κ1) is 17.2. The van der Waals surface area contributed by atoms with Crippen LogP contribution in [0.25, 0.3) is 0 Å². The van der Waals surface area contributed by atoms with E-state index in [1.165, 1.54) is 44.5 Å². The maximum absolute atomic E-state index is 10.6. The first-order valence-electron chi connectivity index (χ1n) is 8.20. The number of aliphatic imine (C=N–C) groups is 1. The minimum Gasteiger partial charge on any atom is -0.356 e. The molecule has 0 saturated heterocycles. The Morgan fingerprint density at radius 1 is 1.48 bits per heavy atom. The van der Waals surface area contributed by atoms with Crippen LogP contribution in [0.3, 0.4) is 0 Å². The minimum absolute atomic E-state index is 0.0126. The van der Waals surface area contributed by atoms with Crippen LogP contribution >= 0.6 is 0 Å². The predicted molar refractivity (Wildman–Crippen MR) is 89.4 cm³/mol. The van der Waals surface area contributed by atoms with Gasteiger partial charge >= 0.3 is 5.69 Å². The number of rotatable bonds is 7. The molecule has 8 nitrogen and oxygen atoms in total. The summed E-state index contributed by atoms with van der Waals surface area (Å²) in [4.78, 5) is 14.4. The van der Waals surface area contributed by atoms with Crippen LogP contribution in [0.5, 0.6) is 0 Å².